The molecule has 0 aliphatic rings. The summed E-state index contributed by atoms with van der Waals surface area (Å²) in [6, 6.07) is 2.70. The highest BCUT2D eigenvalue weighted by Gasteiger charge is 2.21. The maximum Gasteiger partial charge on any atom is 0.342 e. The number of thiazole rings is 1. The van der Waals surface area contributed by atoms with Crippen molar-refractivity contribution in [2.45, 2.75) is 27.4 Å². The highest BCUT2D eigenvalue weighted by Crippen LogP contribution is 2.32. The number of aryl methyl sites for hydroxylation is 2. The Morgan fingerprint density at radius 3 is 2.83 bits per heavy atom. The second kappa shape index (κ2) is 6.60. The van der Waals surface area contributed by atoms with Crippen molar-refractivity contribution in [3.8, 4) is 5.75 Å². The molecule has 0 fully saturated rings. The van der Waals surface area contributed by atoms with Crippen molar-refractivity contribution in [3.63, 3.8) is 0 Å². The van der Waals surface area contributed by atoms with Crippen molar-refractivity contribution < 1.29 is 23.1 Å². The first-order valence-corrected chi connectivity index (χ1v) is 8.30. The summed E-state index contributed by atoms with van der Waals surface area (Å²) in [4.78, 5) is 17.2. The summed E-state index contributed by atoms with van der Waals surface area (Å²) in [5.74, 6) is -0.599. The van der Waals surface area contributed by atoms with Crippen LogP contribution >= 0.6 is 11.3 Å². The molecule has 0 aliphatic carbocycles. The van der Waals surface area contributed by atoms with Gasteiger partial charge in [-0.2, -0.15) is 0 Å². The van der Waals surface area contributed by atoms with Gasteiger partial charge in [-0.25, -0.2) is 14.2 Å². The predicted octanol–water partition coefficient (Wildman–Crippen LogP) is 4.40. The molecule has 2 heterocycles. The number of esters is 1. The average Bonchev–Trinajstić information content (AvgIpc) is 3.07. The number of nitrogens with zero attached hydrogens (tertiary/aromatic N) is 1. The largest absolute Gasteiger partial charge is 0.485 e. The van der Waals surface area contributed by atoms with Gasteiger partial charge in [-0.3, -0.25) is 0 Å². The maximum atomic E-state index is 14.2. The number of fused-ring (bicyclic) bond motifs is 1. The average molecular weight is 349 g/mol. The quantitative estimate of drug-likeness (QED) is 0.639. The van der Waals surface area contributed by atoms with E-state index in [9.17, 15) is 9.18 Å². The Morgan fingerprint density at radius 1 is 1.38 bits per heavy atom. The third-order valence-corrected chi connectivity index (χ3v) is 4.51. The molecule has 0 saturated carbocycles. The molecule has 5 nitrogen and oxygen atoms in total. The number of aromatic nitrogens is 1. The van der Waals surface area contributed by atoms with Gasteiger partial charge in [-0.05, 0) is 26.8 Å². The second-order valence-electron chi connectivity index (χ2n) is 5.18. The van der Waals surface area contributed by atoms with Crippen LogP contribution in [0.25, 0.3) is 11.0 Å². The van der Waals surface area contributed by atoms with Gasteiger partial charge in [0.25, 0.3) is 0 Å². The minimum Gasteiger partial charge on any atom is -0.485 e. The Hall–Kier alpha value is -2.41. The van der Waals surface area contributed by atoms with Gasteiger partial charge in [-0.1, -0.05) is 0 Å². The van der Waals surface area contributed by atoms with E-state index in [1.807, 2.05) is 6.92 Å². The third-order valence-electron chi connectivity index (χ3n) is 3.60. The minimum atomic E-state index is -0.547. The fourth-order valence-corrected chi connectivity index (χ4v) is 3.08. The van der Waals surface area contributed by atoms with Crippen LogP contribution < -0.4 is 4.74 Å². The number of rotatable bonds is 5. The smallest absolute Gasteiger partial charge is 0.342 e. The van der Waals surface area contributed by atoms with Crippen LogP contribution in [-0.2, 0) is 11.3 Å². The number of carbonyl (C=O) groups is 1. The molecule has 0 atom stereocenters. The van der Waals surface area contributed by atoms with Crippen LogP contribution in [0.2, 0.25) is 0 Å². The van der Waals surface area contributed by atoms with Crippen LogP contribution in [0.4, 0.5) is 4.39 Å². The molecule has 0 N–H and O–H groups in total. The Morgan fingerprint density at radius 2 is 2.17 bits per heavy atom. The lowest BCUT2D eigenvalue weighted by atomic mass is 10.1. The van der Waals surface area contributed by atoms with Crippen LogP contribution in [0, 0.1) is 19.7 Å². The van der Waals surface area contributed by atoms with E-state index < -0.39 is 11.8 Å². The maximum absolute atomic E-state index is 14.2. The summed E-state index contributed by atoms with van der Waals surface area (Å²) in [5, 5.41) is 0.475. The van der Waals surface area contributed by atoms with Gasteiger partial charge in [0.05, 0.1) is 22.7 Å². The molecule has 0 bridgehead atoms. The number of carbonyl (C=O) groups excluding carboxylic acids is 1. The molecule has 7 heteroatoms. The summed E-state index contributed by atoms with van der Waals surface area (Å²) >= 11 is 1.45. The van der Waals surface area contributed by atoms with E-state index in [4.69, 9.17) is 13.9 Å². The summed E-state index contributed by atoms with van der Waals surface area (Å²) in [5.41, 5.74) is 3.15. The standard InChI is InChI=1S/C17H16FNO4S/c1-4-21-17(20)16-10(3)23-13-6-12(18)14(5-11(13)16)22-7-15-9(2)19-8-24-15/h5-6,8H,4,7H2,1-3H3. The summed E-state index contributed by atoms with van der Waals surface area (Å²) in [6.07, 6.45) is 0. The van der Waals surface area contributed by atoms with E-state index in [0.29, 0.717) is 16.7 Å². The molecule has 0 spiro atoms. The number of hydrogen-bond acceptors (Lipinski definition) is 6. The third kappa shape index (κ3) is 2.99. The van der Waals surface area contributed by atoms with Gasteiger partial charge in [0.2, 0.25) is 0 Å². The van der Waals surface area contributed by atoms with Gasteiger partial charge in [0.1, 0.15) is 23.5 Å². The molecular formula is C17H16FNO4S. The van der Waals surface area contributed by atoms with Crippen LogP contribution in [-0.4, -0.2) is 17.6 Å². The van der Waals surface area contributed by atoms with Crippen molar-refractivity contribution in [1.82, 2.24) is 4.98 Å². The van der Waals surface area contributed by atoms with E-state index in [0.717, 1.165) is 10.6 Å². The molecule has 3 aromatic rings. The lowest BCUT2D eigenvalue weighted by Gasteiger charge is -2.07. The van der Waals surface area contributed by atoms with Crippen LogP contribution in [0.1, 0.15) is 33.6 Å². The molecule has 3 rings (SSSR count). The number of hydrogen-bond donors (Lipinski definition) is 0. The van der Waals surface area contributed by atoms with E-state index >= 15 is 0 Å². The predicted molar refractivity (Wildman–Crippen MR) is 88.0 cm³/mol. The lowest BCUT2D eigenvalue weighted by Crippen LogP contribution is -2.05. The molecule has 0 unspecified atom stereocenters. The van der Waals surface area contributed by atoms with Crippen molar-refractivity contribution >= 4 is 28.3 Å². The Balaban J connectivity index is 1.96. The Kier molecular flexibility index (Phi) is 4.53. The van der Waals surface area contributed by atoms with Crippen molar-refractivity contribution in [2.24, 2.45) is 0 Å². The first-order chi connectivity index (χ1) is 11.5. The molecule has 1 aromatic carbocycles. The fourth-order valence-electron chi connectivity index (χ4n) is 2.40. The zero-order chi connectivity index (χ0) is 17.3. The highest BCUT2D eigenvalue weighted by molar-refractivity contribution is 7.09. The zero-order valence-corrected chi connectivity index (χ0v) is 14.3. The van der Waals surface area contributed by atoms with E-state index in [-0.39, 0.29) is 24.5 Å². The molecule has 0 aliphatic heterocycles. The first kappa shape index (κ1) is 16.4. The van der Waals surface area contributed by atoms with E-state index in [1.54, 1.807) is 19.4 Å². The second-order valence-corrected chi connectivity index (χ2v) is 6.12. The fraction of sp³-hybridized carbons (Fsp3) is 0.294. The molecular weight excluding hydrogens is 333 g/mol. The van der Waals surface area contributed by atoms with Crippen molar-refractivity contribution in [1.29, 1.82) is 0 Å². The number of furan rings is 1. The highest BCUT2D eigenvalue weighted by atomic mass is 32.1. The minimum absolute atomic E-state index is 0.0571. The van der Waals surface area contributed by atoms with Crippen molar-refractivity contribution in [3.05, 3.63) is 45.4 Å². The van der Waals surface area contributed by atoms with Gasteiger partial charge in [-0.15, -0.1) is 11.3 Å². The van der Waals surface area contributed by atoms with Crippen LogP contribution in [0.5, 0.6) is 5.75 Å². The molecule has 2 aromatic heterocycles. The molecule has 0 radical (unpaired) electrons. The monoisotopic (exact) mass is 349 g/mol. The van der Waals surface area contributed by atoms with Gasteiger partial charge < -0.3 is 13.9 Å². The van der Waals surface area contributed by atoms with Crippen LogP contribution in [0.3, 0.4) is 0 Å². The van der Waals surface area contributed by atoms with Crippen LogP contribution in [0.15, 0.2) is 22.1 Å². The molecule has 0 saturated heterocycles. The van der Waals surface area contributed by atoms with Gasteiger partial charge >= 0.3 is 5.97 Å². The van der Waals surface area contributed by atoms with Gasteiger partial charge in [0.15, 0.2) is 11.6 Å². The van der Waals surface area contributed by atoms with E-state index in [2.05, 4.69) is 4.98 Å². The zero-order valence-electron chi connectivity index (χ0n) is 13.5. The summed E-state index contributed by atoms with van der Waals surface area (Å²) in [6.45, 7) is 5.70. The number of halogens is 1. The topological polar surface area (TPSA) is 61.6 Å². The van der Waals surface area contributed by atoms with Crippen molar-refractivity contribution in [2.75, 3.05) is 6.61 Å². The van der Waals surface area contributed by atoms with E-state index in [1.165, 1.54) is 23.5 Å². The Bertz CT molecular complexity index is 900. The number of ether oxygens (including phenoxy) is 2. The molecule has 24 heavy (non-hydrogen) atoms. The normalized spacial score (nSPS) is 11.0. The molecule has 126 valence electrons. The first-order valence-electron chi connectivity index (χ1n) is 7.42. The molecule has 0 amide bonds. The Labute approximate surface area is 142 Å². The lowest BCUT2D eigenvalue weighted by molar-refractivity contribution is 0.0526. The van der Waals surface area contributed by atoms with Gasteiger partial charge in [0, 0.05) is 11.5 Å². The number of benzene rings is 1. The SMILES string of the molecule is CCOC(=O)c1c(C)oc2cc(F)c(OCc3scnc3C)cc12. The summed E-state index contributed by atoms with van der Waals surface area (Å²) < 4.78 is 30.3. The summed E-state index contributed by atoms with van der Waals surface area (Å²) in [7, 11) is 0.